The van der Waals surface area contributed by atoms with Gasteiger partial charge in [-0.3, -0.25) is 4.98 Å². The van der Waals surface area contributed by atoms with Crippen LogP contribution in [0.25, 0.3) is 21.9 Å². The van der Waals surface area contributed by atoms with Gasteiger partial charge in [0.1, 0.15) is 17.4 Å². The molecule has 1 aliphatic heterocycles. The normalized spacial score (nSPS) is 16.5. The molecule has 0 bridgehead atoms. The number of fused-ring (bicyclic) bond motifs is 2. The highest BCUT2D eigenvalue weighted by Crippen LogP contribution is 2.27. The van der Waals surface area contributed by atoms with Gasteiger partial charge in [-0.25, -0.2) is 9.37 Å². The molecule has 0 spiro atoms. The lowest BCUT2D eigenvalue weighted by Crippen LogP contribution is -2.43. The van der Waals surface area contributed by atoms with Crippen molar-refractivity contribution in [3.63, 3.8) is 0 Å². The molecule has 4 aromatic rings. The van der Waals surface area contributed by atoms with Crippen LogP contribution in [0, 0.1) is 5.82 Å². The summed E-state index contributed by atoms with van der Waals surface area (Å²) in [6.45, 7) is 3.02. The molecule has 1 fully saturated rings. The molecule has 3 N–H and O–H groups in total. The molecule has 172 valence electrons. The third-order valence-corrected chi connectivity index (χ3v) is 6.41. The maximum Gasteiger partial charge on any atom is 0.125 e. The van der Waals surface area contributed by atoms with Crippen molar-refractivity contribution in [1.29, 1.82) is 0 Å². The lowest BCUT2D eigenvalue weighted by Gasteiger charge is -2.33. The number of nitrogens with one attached hydrogen (secondary N) is 2. The van der Waals surface area contributed by atoms with E-state index in [1.807, 2.05) is 24.3 Å². The quantitative estimate of drug-likeness (QED) is 0.400. The fourth-order valence-corrected chi connectivity index (χ4v) is 4.59. The molecule has 1 saturated heterocycles. The zero-order valence-electron chi connectivity index (χ0n) is 18.6. The first kappa shape index (κ1) is 21.8. The van der Waals surface area contributed by atoms with Crippen LogP contribution in [0.5, 0.6) is 5.75 Å². The Morgan fingerprint density at radius 1 is 1.18 bits per heavy atom. The number of aromatic amines is 1. The highest BCUT2D eigenvalue weighted by molar-refractivity contribution is 5.83. The summed E-state index contributed by atoms with van der Waals surface area (Å²) in [5, 5.41) is 15.5. The molecule has 8 heteroatoms. The van der Waals surface area contributed by atoms with E-state index in [2.05, 4.69) is 25.2 Å². The second kappa shape index (κ2) is 9.43. The molecule has 7 nitrogen and oxygen atoms in total. The molecule has 0 saturated carbocycles. The number of piperidine rings is 1. The Morgan fingerprint density at radius 2 is 2.00 bits per heavy atom. The number of hydrogen-bond acceptors (Lipinski definition) is 6. The number of nitrogens with zero attached hydrogens (tertiary/aromatic N) is 3. The SMILES string of the molecule is COc1ccc2nccc(C(O)CN3CCC(NCc4nc5ccc(F)cc5[nH]4)CC3)c2c1. The summed E-state index contributed by atoms with van der Waals surface area (Å²) >= 11 is 0. The average molecular weight is 450 g/mol. The van der Waals surface area contributed by atoms with E-state index >= 15 is 0 Å². The number of β-amino-alcohol motifs (C(OH)–C–C–N with tert-alkyl or cyclic N) is 1. The first-order chi connectivity index (χ1) is 16.1. The highest BCUT2D eigenvalue weighted by Gasteiger charge is 2.22. The molecule has 0 amide bonds. The van der Waals surface area contributed by atoms with Crippen LogP contribution in [0.4, 0.5) is 4.39 Å². The van der Waals surface area contributed by atoms with E-state index in [0.29, 0.717) is 19.1 Å². The van der Waals surface area contributed by atoms with Crippen LogP contribution in [0.15, 0.2) is 48.7 Å². The van der Waals surface area contributed by atoms with Gasteiger partial charge in [0.2, 0.25) is 0 Å². The number of methoxy groups -OCH3 is 1. The molecule has 0 aliphatic carbocycles. The fourth-order valence-electron chi connectivity index (χ4n) is 4.59. The topological polar surface area (TPSA) is 86.3 Å². The molecule has 2 aromatic heterocycles. The number of aliphatic hydroxyl groups is 1. The molecular formula is C25H28FN5O2. The van der Waals surface area contributed by atoms with Crippen molar-refractivity contribution in [2.45, 2.75) is 31.5 Å². The van der Waals surface area contributed by atoms with Gasteiger partial charge in [0.15, 0.2) is 0 Å². The van der Waals surface area contributed by atoms with Crippen LogP contribution in [0.2, 0.25) is 0 Å². The number of benzene rings is 2. The van der Waals surface area contributed by atoms with E-state index in [0.717, 1.165) is 65.0 Å². The predicted octanol–water partition coefficient (Wildman–Crippen LogP) is 3.55. The molecule has 1 unspecified atom stereocenters. The zero-order valence-corrected chi connectivity index (χ0v) is 18.6. The Bertz CT molecular complexity index is 1250. The van der Waals surface area contributed by atoms with Crippen molar-refractivity contribution < 1.29 is 14.2 Å². The predicted molar refractivity (Wildman–Crippen MR) is 126 cm³/mol. The lowest BCUT2D eigenvalue weighted by molar-refractivity contribution is 0.0948. The molecule has 3 heterocycles. The largest absolute Gasteiger partial charge is 0.497 e. The van der Waals surface area contributed by atoms with Gasteiger partial charge in [0.25, 0.3) is 0 Å². The van der Waals surface area contributed by atoms with E-state index < -0.39 is 6.10 Å². The zero-order chi connectivity index (χ0) is 22.8. The third-order valence-electron chi connectivity index (χ3n) is 6.41. The summed E-state index contributed by atoms with van der Waals surface area (Å²) in [6.07, 6.45) is 3.14. The van der Waals surface area contributed by atoms with Gasteiger partial charge in [0, 0.05) is 24.2 Å². The van der Waals surface area contributed by atoms with Crippen LogP contribution in [-0.2, 0) is 6.54 Å². The van der Waals surface area contributed by atoms with Gasteiger partial charge in [-0.2, -0.15) is 0 Å². The molecule has 0 radical (unpaired) electrons. The fraction of sp³-hybridized carbons (Fsp3) is 0.360. The van der Waals surface area contributed by atoms with Gasteiger partial charge in [-0.15, -0.1) is 0 Å². The molecule has 2 aromatic carbocycles. The third kappa shape index (κ3) is 4.83. The number of rotatable bonds is 7. The molecule has 5 rings (SSSR count). The summed E-state index contributed by atoms with van der Waals surface area (Å²) in [6, 6.07) is 12.6. The van der Waals surface area contributed by atoms with E-state index in [1.54, 1.807) is 19.4 Å². The van der Waals surface area contributed by atoms with Crippen LogP contribution >= 0.6 is 0 Å². The minimum absolute atomic E-state index is 0.265. The van der Waals surface area contributed by atoms with Gasteiger partial charge in [-0.05, 0) is 74.0 Å². The van der Waals surface area contributed by atoms with E-state index in [9.17, 15) is 9.50 Å². The number of halogens is 1. The maximum absolute atomic E-state index is 13.4. The number of H-pyrrole nitrogens is 1. The van der Waals surface area contributed by atoms with Gasteiger partial charge in [0.05, 0.1) is 36.3 Å². The number of aliphatic hydroxyl groups excluding tert-OH is 1. The van der Waals surface area contributed by atoms with Crippen molar-refractivity contribution in [3.8, 4) is 5.75 Å². The Kier molecular flexibility index (Phi) is 6.22. The van der Waals surface area contributed by atoms with Crippen LogP contribution in [0.1, 0.15) is 30.3 Å². The van der Waals surface area contributed by atoms with Gasteiger partial charge in [-0.1, -0.05) is 0 Å². The second-order valence-corrected chi connectivity index (χ2v) is 8.60. The molecule has 33 heavy (non-hydrogen) atoms. The molecule has 1 aliphatic rings. The van der Waals surface area contributed by atoms with Crippen LogP contribution in [-0.4, -0.2) is 57.7 Å². The summed E-state index contributed by atoms with van der Waals surface area (Å²) in [7, 11) is 1.64. The minimum atomic E-state index is -0.594. The van der Waals surface area contributed by atoms with E-state index in [4.69, 9.17) is 4.74 Å². The number of pyridine rings is 1. The summed E-state index contributed by atoms with van der Waals surface area (Å²) < 4.78 is 18.7. The number of imidazole rings is 1. The Morgan fingerprint density at radius 3 is 2.82 bits per heavy atom. The lowest BCUT2D eigenvalue weighted by atomic mass is 10.0. The number of likely N-dealkylation sites (tertiary alicyclic amines) is 1. The maximum atomic E-state index is 13.4. The van der Waals surface area contributed by atoms with Gasteiger partial charge < -0.3 is 25.0 Å². The van der Waals surface area contributed by atoms with Gasteiger partial charge >= 0.3 is 0 Å². The highest BCUT2D eigenvalue weighted by atomic mass is 19.1. The Balaban J connectivity index is 1.15. The monoisotopic (exact) mass is 449 g/mol. The Hall–Kier alpha value is -3.07. The van der Waals surface area contributed by atoms with Crippen molar-refractivity contribution in [2.24, 2.45) is 0 Å². The first-order valence-electron chi connectivity index (χ1n) is 11.3. The number of ether oxygens (including phenoxy) is 1. The minimum Gasteiger partial charge on any atom is -0.497 e. The smallest absolute Gasteiger partial charge is 0.125 e. The second-order valence-electron chi connectivity index (χ2n) is 8.60. The number of aromatic nitrogens is 3. The van der Waals surface area contributed by atoms with Crippen LogP contribution in [0.3, 0.4) is 0 Å². The summed E-state index contributed by atoms with van der Waals surface area (Å²) in [4.78, 5) is 14.4. The van der Waals surface area contributed by atoms with Crippen molar-refractivity contribution in [1.82, 2.24) is 25.2 Å². The van der Waals surface area contributed by atoms with Crippen LogP contribution < -0.4 is 10.1 Å². The van der Waals surface area contributed by atoms with Crippen molar-refractivity contribution in [3.05, 3.63) is 65.9 Å². The molecular weight excluding hydrogens is 421 g/mol. The molecule has 1 atom stereocenters. The van der Waals surface area contributed by atoms with Crippen molar-refractivity contribution in [2.75, 3.05) is 26.7 Å². The Labute approximate surface area is 191 Å². The van der Waals surface area contributed by atoms with E-state index in [-0.39, 0.29) is 5.82 Å². The first-order valence-corrected chi connectivity index (χ1v) is 11.3. The van der Waals surface area contributed by atoms with Crippen molar-refractivity contribution >= 4 is 21.9 Å². The summed E-state index contributed by atoms with van der Waals surface area (Å²) in [5.74, 6) is 1.30. The standard InChI is InChI=1S/C25H28FN5O2/c1-33-18-3-5-21-20(13-18)19(6-9-27-21)24(32)15-31-10-7-17(8-11-31)28-14-25-29-22-4-2-16(26)12-23(22)30-25/h2-6,9,12-13,17,24,28,32H,7-8,10-11,14-15H2,1H3,(H,29,30). The average Bonchev–Trinajstić information content (AvgIpc) is 3.24. The summed E-state index contributed by atoms with van der Waals surface area (Å²) in [5.41, 5.74) is 3.22. The van der Waals surface area contributed by atoms with E-state index in [1.165, 1.54) is 12.1 Å². The number of hydrogen-bond donors (Lipinski definition) is 3.